The molecule has 0 saturated carbocycles. The molecular formula is C17H20FN. The van der Waals surface area contributed by atoms with E-state index < -0.39 is 0 Å². The number of rotatable bonds is 4. The van der Waals surface area contributed by atoms with Gasteiger partial charge in [-0.3, -0.25) is 0 Å². The van der Waals surface area contributed by atoms with Gasteiger partial charge in [0.25, 0.3) is 0 Å². The number of hydrogen-bond acceptors (Lipinski definition) is 1. The van der Waals surface area contributed by atoms with Gasteiger partial charge in [-0.25, -0.2) is 4.39 Å². The summed E-state index contributed by atoms with van der Waals surface area (Å²) in [7, 11) is 0. The average molecular weight is 257 g/mol. The van der Waals surface area contributed by atoms with Crippen molar-refractivity contribution >= 4 is 0 Å². The highest BCUT2D eigenvalue weighted by molar-refractivity contribution is 5.67. The SMILES string of the molecule is Cc1cc(F)ccc1-c1ccc(CNC(C)C)cc1. The van der Waals surface area contributed by atoms with Crippen molar-refractivity contribution in [1.29, 1.82) is 0 Å². The van der Waals surface area contributed by atoms with Gasteiger partial charge >= 0.3 is 0 Å². The van der Waals surface area contributed by atoms with E-state index in [4.69, 9.17) is 0 Å². The van der Waals surface area contributed by atoms with E-state index in [1.54, 1.807) is 6.07 Å². The molecule has 0 aliphatic rings. The summed E-state index contributed by atoms with van der Waals surface area (Å²) in [6, 6.07) is 13.8. The lowest BCUT2D eigenvalue weighted by molar-refractivity contribution is 0.589. The van der Waals surface area contributed by atoms with Crippen LogP contribution in [0.4, 0.5) is 4.39 Å². The van der Waals surface area contributed by atoms with Crippen LogP contribution in [0.1, 0.15) is 25.0 Å². The third-order valence-electron chi connectivity index (χ3n) is 3.17. The van der Waals surface area contributed by atoms with Crippen LogP contribution in [0.5, 0.6) is 0 Å². The van der Waals surface area contributed by atoms with E-state index in [1.807, 2.05) is 13.0 Å². The summed E-state index contributed by atoms with van der Waals surface area (Å²) in [6.07, 6.45) is 0. The van der Waals surface area contributed by atoms with Gasteiger partial charge in [0, 0.05) is 12.6 Å². The molecule has 0 saturated heterocycles. The Kier molecular flexibility index (Phi) is 4.33. The van der Waals surface area contributed by atoms with E-state index >= 15 is 0 Å². The van der Waals surface area contributed by atoms with Gasteiger partial charge in [0.15, 0.2) is 0 Å². The van der Waals surface area contributed by atoms with Crippen LogP contribution < -0.4 is 5.32 Å². The summed E-state index contributed by atoms with van der Waals surface area (Å²) in [4.78, 5) is 0. The van der Waals surface area contributed by atoms with Gasteiger partial charge in [-0.1, -0.05) is 44.2 Å². The first-order chi connectivity index (χ1) is 9.06. The van der Waals surface area contributed by atoms with Crippen LogP contribution in [-0.4, -0.2) is 6.04 Å². The van der Waals surface area contributed by atoms with Crippen molar-refractivity contribution in [3.8, 4) is 11.1 Å². The molecule has 19 heavy (non-hydrogen) atoms. The summed E-state index contributed by atoms with van der Waals surface area (Å²) in [5.74, 6) is -0.181. The molecule has 0 aromatic heterocycles. The Morgan fingerprint density at radius 1 is 1.05 bits per heavy atom. The molecule has 100 valence electrons. The van der Waals surface area contributed by atoms with E-state index in [0.717, 1.165) is 23.2 Å². The maximum Gasteiger partial charge on any atom is 0.123 e. The fourth-order valence-electron chi connectivity index (χ4n) is 2.08. The molecule has 0 aliphatic heterocycles. The first-order valence-electron chi connectivity index (χ1n) is 6.65. The number of benzene rings is 2. The van der Waals surface area contributed by atoms with Crippen LogP contribution in [-0.2, 0) is 6.54 Å². The molecule has 2 aromatic carbocycles. The van der Waals surface area contributed by atoms with Crippen LogP contribution in [0, 0.1) is 12.7 Å². The first kappa shape index (κ1) is 13.8. The highest BCUT2D eigenvalue weighted by atomic mass is 19.1. The zero-order valence-electron chi connectivity index (χ0n) is 11.7. The summed E-state index contributed by atoms with van der Waals surface area (Å²) in [5.41, 5.74) is 4.45. The Bertz CT molecular complexity index is 544. The topological polar surface area (TPSA) is 12.0 Å². The van der Waals surface area contributed by atoms with E-state index in [2.05, 4.69) is 43.4 Å². The molecule has 0 amide bonds. The highest BCUT2D eigenvalue weighted by Gasteiger charge is 2.03. The largest absolute Gasteiger partial charge is 0.310 e. The van der Waals surface area contributed by atoms with Crippen molar-refractivity contribution in [2.24, 2.45) is 0 Å². The second-order valence-electron chi connectivity index (χ2n) is 5.19. The smallest absolute Gasteiger partial charge is 0.123 e. The van der Waals surface area contributed by atoms with Gasteiger partial charge < -0.3 is 5.32 Å². The maximum absolute atomic E-state index is 13.1. The molecule has 2 aromatic rings. The molecular weight excluding hydrogens is 237 g/mol. The normalized spacial score (nSPS) is 11.0. The Hall–Kier alpha value is -1.67. The fraction of sp³-hybridized carbons (Fsp3) is 0.294. The second kappa shape index (κ2) is 5.98. The lowest BCUT2D eigenvalue weighted by Gasteiger charge is -2.10. The molecule has 1 N–H and O–H groups in total. The van der Waals surface area contributed by atoms with E-state index in [1.165, 1.54) is 11.6 Å². The van der Waals surface area contributed by atoms with E-state index in [9.17, 15) is 4.39 Å². The third-order valence-corrected chi connectivity index (χ3v) is 3.17. The second-order valence-corrected chi connectivity index (χ2v) is 5.19. The van der Waals surface area contributed by atoms with Gasteiger partial charge in [0.05, 0.1) is 0 Å². The molecule has 2 heteroatoms. The number of nitrogens with one attached hydrogen (secondary N) is 1. The minimum Gasteiger partial charge on any atom is -0.310 e. The molecule has 0 heterocycles. The van der Waals surface area contributed by atoms with Crippen LogP contribution in [0.2, 0.25) is 0 Å². The molecule has 0 fully saturated rings. The van der Waals surface area contributed by atoms with Crippen LogP contribution in [0.3, 0.4) is 0 Å². The quantitative estimate of drug-likeness (QED) is 0.861. The zero-order chi connectivity index (χ0) is 13.8. The molecule has 0 bridgehead atoms. The van der Waals surface area contributed by atoms with Gasteiger partial charge in [0.1, 0.15) is 5.82 Å². The van der Waals surface area contributed by atoms with Crippen molar-refractivity contribution in [2.75, 3.05) is 0 Å². The van der Waals surface area contributed by atoms with Gasteiger partial charge in [-0.2, -0.15) is 0 Å². The average Bonchev–Trinajstić information content (AvgIpc) is 2.37. The van der Waals surface area contributed by atoms with Crippen molar-refractivity contribution in [3.63, 3.8) is 0 Å². The summed E-state index contributed by atoms with van der Waals surface area (Å²) in [5, 5.41) is 3.39. The number of aryl methyl sites for hydroxylation is 1. The van der Waals surface area contributed by atoms with Gasteiger partial charge in [0.2, 0.25) is 0 Å². The molecule has 2 rings (SSSR count). The summed E-state index contributed by atoms with van der Waals surface area (Å²) < 4.78 is 13.1. The highest BCUT2D eigenvalue weighted by Crippen LogP contribution is 2.24. The standard InChI is InChI=1S/C17H20FN/c1-12(2)19-11-14-4-6-15(7-5-14)17-9-8-16(18)10-13(17)3/h4-10,12,19H,11H2,1-3H3. The maximum atomic E-state index is 13.1. The van der Waals surface area contributed by atoms with E-state index in [0.29, 0.717) is 6.04 Å². The lowest BCUT2D eigenvalue weighted by Crippen LogP contribution is -2.21. The van der Waals surface area contributed by atoms with Crippen LogP contribution in [0.15, 0.2) is 42.5 Å². The molecule has 0 spiro atoms. The predicted octanol–water partition coefficient (Wildman–Crippen LogP) is 4.30. The minimum absolute atomic E-state index is 0.181. The van der Waals surface area contributed by atoms with Crippen molar-refractivity contribution in [1.82, 2.24) is 5.32 Å². The van der Waals surface area contributed by atoms with E-state index in [-0.39, 0.29) is 5.82 Å². The van der Waals surface area contributed by atoms with Gasteiger partial charge in [-0.05, 0) is 41.3 Å². The van der Waals surface area contributed by atoms with Crippen molar-refractivity contribution in [3.05, 3.63) is 59.4 Å². The minimum atomic E-state index is -0.181. The zero-order valence-corrected chi connectivity index (χ0v) is 11.7. The Morgan fingerprint density at radius 2 is 1.74 bits per heavy atom. The molecule has 0 atom stereocenters. The monoisotopic (exact) mass is 257 g/mol. The summed E-state index contributed by atoms with van der Waals surface area (Å²) >= 11 is 0. The van der Waals surface area contributed by atoms with Crippen molar-refractivity contribution < 1.29 is 4.39 Å². The van der Waals surface area contributed by atoms with Gasteiger partial charge in [-0.15, -0.1) is 0 Å². The first-order valence-corrected chi connectivity index (χ1v) is 6.65. The molecule has 0 aliphatic carbocycles. The lowest BCUT2D eigenvalue weighted by atomic mass is 9.99. The third kappa shape index (κ3) is 3.65. The van der Waals surface area contributed by atoms with Crippen molar-refractivity contribution in [2.45, 2.75) is 33.4 Å². The predicted molar refractivity (Wildman–Crippen MR) is 78.5 cm³/mol. The van der Waals surface area contributed by atoms with Crippen LogP contribution >= 0.6 is 0 Å². The summed E-state index contributed by atoms with van der Waals surface area (Å²) in [6.45, 7) is 7.08. The Labute approximate surface area is 114 Å². The number of halogens is 1. The fourth-order valence-corrected chi connectivity index (χ4v) is 2.08. The molecule has 0 radical (unpaired) electrons. The molecule has 1 nitrogen and oxygen atoms in total. The Balaban J connectivity index is 2.18. The Morgan fingerprint density at radius 3 is 2.32 bits per heavy atom. The number of hydrogen-bond donors (Lipinski definition) is 1. The van der Waals surface area contributed by atoms with Crippen LogP contribution in [0.25, 0.3) is 11.1 Å². The molecule has 0 unspecified atom stereocenters.